The van der Waals surface area contributed by atoms with E-state index in [4.69, 9.17) is 4.74 Å². The lowest BCUT2D eigenvalue weighted by molar-refractivity contribution is -0.0643. The SMILES string of the molecule is CC1CN(C(C)CCc2ccc(O)cc2)C(C)CO1. The molecule has 106 valence electrons. The number of phenols is 1. The first-order valence-electron chi connectivity index (χ1n) is 7.21. The van der Waals surface area contributed by atoms with Crippen molar-refractivity contribution >= 4 is 0 Å². The molecular weight excluding hydrogens is 238 g/mol. The van der Waals surface area contributed by atoms with Crippen LogP contribution in [0.25, 0.3) is 0 Å². The van der Waals surface area contributed by atoms with Gasteiger partial charge in [-0.05, 0) is 51.3 Å². The van der Waals surface area contributed by atoms with Crippen molar-refractivity contribution in [3.05, 3.63) is 29.8 Å². The third kappa shape index (κ3) is 3.95. The summed E-state index contributed by atoms with van der Waals surface area (Å²) in [7, 11) is 0. The third-order valence-electron chi connectivity index (χ3n) is 4.01. The molecule has 1 aromatic rings. The minimum absolute atomic E-state index is 0.340. The molecule has 1 aliphatic heterocycles. The molecule has 0 saturated carbocycles. The fraction of sp³-hybridized carbons (Fsp3) is 0.625. The summed E-state index contributed by atoms with van der Waals surface area (Å²) in [5, 5.41) is 9.28. The maximum atomic E-state index is 9.28. The maximum Gasteiger partial charge on any atom is 0.115 e. The molecule has 1 saturated heterocycles. The standard InChI is InChI=1S/C16H25NO2/c1-12(17-10-14(3)19-11-13(17)2)4-5-15-6-8-16(18)9-7-15/h6-9,12-14,18H,4-5,10-11H2,1-3H3. The largest absolute Gasteiger partial charge is 0.508 e. The second-order valence-corrected chi connectivity index (χ2v) is 5.74. The second-order valence-electron chi connectivity index (χ2n) is 5.74. The molecule has 0 aromatic heterocycles. The Kier molecular flexibility index (Phi) is 4.83. The highest BCUT2D eigenvalue weighted by Crippen LogP contribution is 2.19. The van der Waals surface area contributed by atoms with Crippen LogP contribution in [0.5, 0.6) is 5.75 Å². The smallest absolute Gasteiger partial charge is 0.115 e. The van der Waals surface area contributed by atoms with Crippen LogP contribution in [-0.2, 0) is 11.2 Å². The highest BCUT2D eigenvalue weighted by Gasteiger charge is 2.26. The zero-order valence-corrected chi connectivity index (χ0v) is 12.2. The van der Waals surface area contributed by atoms with E-state index in [9.17, 15) is 5.11 Å². The van der Waals surface area contributed by atoms with Crippen molar-refractivity contribution in [1.82, 2.24) is 4.90 Å². The van der Waals surface area contributed by atoms with Crippen LogP contribution in [0.3, 0.4) is 0 Å². The Hall–Kier alpha value is -1.06. The van der Waals surface area contributed by atoms with E-state index < -0.39 is 0 Å². The van der Waals surface area contributed by atoms with Gasteiger partial charge in [0.05, 0.1) is 12.7 Å². The van der Waals surface area contributed by atoms with Crippen LogP contribution in [0.2, 0.25) is 0 Å². The number of rotatable bonds is 4. The van der Waals surface area contributed by atoms with Gasteiger partial charge in [0.15, 0.2) is 0 Å². The number of aromatic hydroxyl groups is 1. The Morgan fingerprint density at radius 2 is 2.00 bits per heavy atom. The third-order valence-corrected chi connectivity index (χ3v) is 4.01. The maximum absolute atomic E-state index is 9.28. The second kappa shape index (κ2) is 6.40. The van der Waals surface area contributed by atoms with E-state index in [0.29, 0.717) is 23.9 Å². The van der Waals surface area contributed by atoms with Crippen molar-refractivity contribution in [2.75, 3.05) is 13.2 Å². The summed E-state index contributed by atoms with van der Waals surface area (Å²) < 4.78 is 5.68. The number of hydrogen-bond acceptors (Lipinski definition) is 3. The van der Waals surface area contributed by atoms with Crippen molar-refractivity contribution in [2.45, 2.75) is 51.8 Å². The first-order valence-corrected chi connectivity index (χ1v) is 7.21. The van der Waals surface area contributed by atoms with E-state index in [0.717, 1.165) is 26.0 Å². The predicted molar refractivity (Wildman–Crippen MR) is 77.5 cm³/mol. The van der Waals surface area contributed by atoms with Crippen LogP contribution in [0.4, 0.5) is 0 Å². The molecule has 2 rings (SSSR count). The molecule has 1 N–H and O–H groups in total. The first kappa shape index (κ1) is 14.4. The lowest BCUT2D eigenvalue weighted by atomic mass is 10.0. The van der Waals surface area contributed by atoms with E-state index in [1.807, 2.05) is 12.1 Å². The molecule has 0 aliphatic carbocycles. The van der Waals surface area contributed by atoms with Crippen molar-refractivity contribution in [3.8, 4) is 5.75 Å². The van der Waals surface area contributed by atoms with E-state index in [1.54, 1.807) is 12.1 Å². The molecule has 0 amide bonds. The van der Waals surface area contributed by atoms with Crippen LogP contribution in [0.15, 0.2) is 24.3 Å². The van der Waals surface area contributed by atoms with Gasteiger partial charge in [-0.25, -0.2) is 0 Å². The van der Waals surface area contributed by atoms with E-state index >= 15 is 0 Å². The van der Waals surface area contributed by atoms with E-state index in [-0.39, 0.29) is 0 Å². The van der Waals surface area contributed by atoms with Crippen molar-refractivity contribution in [1.29, 1.82) is 0 Å². The van der Waals surface area contributed by atoms with Gasteiger partial charge in [0.25, 0.3) is 0 Å². The highest BCUT2D eigenvalue weighted by molar-refractivity contribution is 5.25. The molecule has 0 spiro atoms. The Morgan fingerprint density at radius 1 is 1.32 bits per heavy atom. The lowest BCUT2D eigenvalue weighted by Crippen LogP contribution is -2.51. The Labute approximate surface area is 116 Å². The van der Waals surface area contributed by atoms with Gasteiger partial charge in [-0.3, -0.25) is 4.90 Å². The van der Waals surface area contributed by atoms with Gasteiger partial charge in [-0.15, -0.1) is 0 Å². The van der Waals surface area contributed by atoms with Crippen molar-refractivity contribution < 1.29 is 9.84 Å². The van der Waals surface area contributed by atoms with Gasteiger partial charge in [-0.2, -0.15) is 0 Å². The van der Waals surface area contributed by atoms with Gasteiger partial charge >= 0.3 is 0 Å². The fourth-order valence-corrected chi connectivity index (χ4v) is 2.75. The molecule has 1 fully saturated rings. The molecule has 1 heterocycles. The van der Waals surface area contributed by atoms with Gasteiger partial charge < -0.3 is 9.84 Å². The average Bonchev–Trinajstić information content (AvgIpc) is 2.40. The number of benzene rings is 1. The normalized spacial score (nSPS) is 26.3. The summed E-state index contributed by atoms with van der Waals surface area (Å²) in [6.07, 6.45) is 2.54. The van der Waals surface area contributed by atoms with Gasteiger partial charge in [0.1, 0.15) is 5.75 Å². The molecule has 3 unspecified atom stereocenters. The molecule has 1 aromatic carbocycles. The minimum Gasteiger partial charge on any atom is -0.508 e. The molecule has 1 aliphatic rings. The number of phenolic OH excluding ortho intramolecular Hbond substituents is 1. The van der Waals surface area contributed by atoms with Crippen LogP contribution < -0.4 is 0 Å². The Bertz CT molecular complexity index is 390. The van der Waals surface area contributed by atoms with Crippen LogP contribution in [0.1, 0.15) is 32.8 Å². The highest BCUT2D eigenvalue weighted by atomic mass is 16.5. The summed E-state index contributed by atoms with van der Waals surface area (Å²) >= 11 is 0. The topological polar surface area (TPSA) is 32.7 Å². The van der Waals surface area contributed by atoms with Gasteiger partial charge in [0.2, 0.25) is 0 Å². The fourth-order valence-electron chi connectivity index (χ4n) is 2.75. The zero-order valence-electron chi connectivity index (χ0n) is 12.2. The summed E-state index contributed by atoms with van der Waals surface area (Å²) in [6, 6.07) is 8.61. The summed E-state index contributed by atoms with van der Waals surface area (Å²) in [6.45, 7) is 8.55. The summed E-state index contributed by atoms with van der Waals surface area (Å²) in [5.41, 5.74) is 1.29. The summed E-state index contributed by atoms with van der Waals surface area (Å²) in [4.78, 5) is 2.55. The number of hydrogen-bond donors (Lipinski definition) is 1. The molecule has 0 radical (unpaired) electrons. The van der Waals surface area contributed by atoms with Crippen molar-refractivity contribution in [2.24, 2.45) is 0 Å². The molecule has 3 nitrogen and oxygen atoms in total. The van der Waals surface area contributed by atoms with Crippen LogP contribution in [0, 0.1) is 0 Å². The molecule has 3 heteroatoms. The molecule has 3 atom stereocenters. The number of ether oxygens (including phenoxy) is 1. The van der Waals surface area contributed by atoms with Gasteiger partial charge in [0, 0.05) is 18.6 Å². The Morgan fingerprint density at radius 3 is 2.68 bits per heavy atom. The molecule has 19 heavy (non-hydrogen) atoms. The van der Waals surface area contributed by atoms with Crippen LogP contribution >= 0.6 is 0 Å². The molecule has 0 bridgehead atoms. The lowest BCUT2D eigenvalue weighted by Gasteiger charge is -2.40. The van der Waals surface area contributed by atoms with Crippen molar-refractivity contribution in [3.63, 3.8) is 0 Å². The number of nitrogens with zero attached hydrogens (tertiary/aromatic N) is 1. The monoisotopic (exact) mass is 263 g/mol. The van der Waals surface area contributed by atoms with Crippen LogP contribution in [-0.4, -0.2) is 41.3 Å². The average molecular weight is 263 g/mol. The molecular formula is C16H25NO2. The number of morpholine rings is 1. The van der Waals surface area contributed by atoms with Gasteiger partial charge in [-0.1, -0.05) is 12.1 Å². The quantitative estimate of drug-likeness (QED) is 0.906. The summed E-state index contributed by atoms with van der Waals surface area (Å²) in [5.74, 6) is 0.340. The predicted octanol–water partition coefficient (Wildman–Crippen LogP) is 2.82. The number of aryl methyl sites for hydroxylation is 1. The van der Waals surface area contributed by atoms with E-state index in [1.165, 1.54) is 5.56 Å². The minimum atomic E-state index is 0.340. The first-order chi connectivity index (χ1) is 9.06. The Balaban J connectivity index is 1.86. The zero-order chi connectivity index (χ0) is 13.8. The van der Waals surface area contributed by atoms with E-state index in [2.05, 4.69) is 25.7 Å².